The molecule has 0 aliphatic carbocycles. The second-order valence-electron chi connectivity index (χ2n) is 3.03. The molecule has 0 spiro atoms. The number of esters is 1. The lowest BCUT2D eigenvalue weighted by atomic mass is 10.0. The third-order valence-electron chi connectivity index (χ3n) is 2.23. The van der Waals surface area contributed by atoms with Gasteiger partial charge in [0.1, 0.15) is 0 Å². The summed E-state index contributed by atoms with van der Waals surface area (Å²) in [5.41, 5.74) is 1.37. The first kappa shape index (κ1) is 8.74. The highest BCUT2D eigenvalue weighted by atomic mass is 16.5. The normalized spacial score (nSPS) is 18.6. The molecule has 0 aromatic heterocycles. The second-order valence-corrected chi connectivity index (χ2v) is 3.03. The van der Waals surface area contributed by atoms with Gasteiger partial charge in [-0.25, -0.2) is 0 Å². The number of methoxy groups -OCH3 is 1. The molecule has 1 aliphatic rings. The number of carbonyl (C=O) groups excluding carboxylic acids is 2. The zero-order valence-corrected chi connectivity index (χ0v) is 7.61. The van der Waals surface area contributed by atoms with Crippen LogP contribution < -0.4 is 5.32 Å². The van der Waals surface area contributed by atoms with E-state index in [0.717, 1.165) is 0 Å². The number of anilines is 1. The molecule has 1 atom stereocenters. The zero-order chi connectivity index (χ0) is 10.1. The number of fused-ring (bicyclic) bond motifs is 1. The van der Waals surface area contributed by atoms with Gasteiger partial charge < -0.3 is 10.1 Å². The molecular weight excluding hydrogens is 182 g/mol. The zero-order valence-electron chi connectivity index (χ0n) is 7.61. The fourth-order valence-corrected chi connectivity index (χ4v) is 1.56. The maximum absolute atomic E-state index is 11.4. The Kier molecular flexibility index (Phi) is 1.96. The van der Waals surface area contributed by atoms with Crippen LogP contribution in [0.15, 0.2) is 24.3 Å². The minimum absolute atomic E-state index is 0.321. The van der Waals surface area contributed by atoms with Gasteiger partial charge in [0, 0.05) is 5.69 Å². The topological polar surface area (TPSA) is 55.4 Å². The van der Waals surface area contributed by atoms with E-state index in [0.29, 0.717) is 11.3 Å². The van der Waals surface area contributed by atoms with Crippen LogP contribution >= 0.6 is 0 Å². The standard InChI is InChI=1S/C10H9NO3/c1-14-10(13)8-6-4-2-3-5-7(6)11-9(8)12/h2-5,8H,1H3,(H,11,12). The van der Waals surface area contributed by atoms with E-state index in [1.807, 2.05) is 0 Å². The maximum Gasteiger partial charge on any atom is 0.322 e. The lowest BCUT2D eigenvalue weighted by molar-refractivity contribution is -0.144. The molecule has 0 saturated carbocycles. The Bertz CT molecular complexity index is 392. The molecule has 1 N–H and O–H groups in total. The van der Waals surface area contributed by atoms with Crippen LogP contribution in [0, 0.1) is 0 Å². The predicted octanol–water partition coefficient (Wildman–Crippen LogP) is 0.895. The highest BCUT2D eigenvalue weighted by Gasteiger charge is 2.36. The minimum atomic E-state index is -0.809. The number of hydrogen-bond donors (Lipinski definition) is 1. The predicted molar refractivity (Wildman–Crippen MR) is 49.8 cm³/mol. The van der Waals surface area contributed by atoms with Gasteiger partial charge in [-0.05, 0) is 11.6 Å². The van der Waals surface area contributed by atoms with Gasteiger partial charge in [0.05, 0.1) is 7.11 Å². The lowest BCUT2D eigenvalue weighted by Gasteiger charge is -2.04. The minimum Gasteiger partial charge on any atom is -0.468 e. The van der Waals surface area contributed by atoms with Gasteiger partial charge in [-0.15, -0.1) is 0 Å². The molecule has 1 aliphatic heterocycles. The molecule has 0 radical (unpaired) electrons. The molecule has 1 unspecified atom stereocenters. The highest BCUT2D eigenvalue weighted by molar-refractivity contribution is 6.14. The number of ether oxygens (including phenoxy) is 1. The molecule has 14 heavy (non-hydrogen) atoms. The third kappa shape index (κ3) is 1.16. The molecule has 72 valence electrons. The fraction of sp³-hybridized carbons (Fsp3) is 0.200. The Morgan fingerprint density at radius 3 is 2.86 bits per heavy atom. The van der Waals surface area contributed by atoms with E-state index >= 15 is 0 Å². The molecule has 2 rings (SSSR count). The van der Waals surface area contributed by atoms with Crippen molar-refractivity contribution < 1.29 is 14.3 Å². The SMILES string of the molecule is COC(=O)C1C(=O)Nc2ccccc21. The lowest BCUT2D eigenvalue weighted by Crippen LogP contribution is -2.21. The molecular formula is C10H9NO3. The van der Waals surface area contributed by atoms with Crippen molar-refractivity contribution in [2.75, 3.05) is 12.4 Å². The summed E-state index contributed by atoms with van der Waals surface area (Å²) >= 11 is 0. The van der Waals surface area contributed by atoms with E-state index in [2.05, 4.69) is 10.1 Å². The van der Waals surface area contributed by atoms with Crippen molar-refractivity contribution in [3.63, 3.8) is 0 Å². The van der Waals surface area contributed by atoms with Gasteiger partial charge in [0.15, 0.2) is 5.92 Å². The number of benzene rings is 1. The number of rotatable bonds is 1. The fourth-order valence-electron chi connectivity index (χ4n) is 1.56. The van der Waals surface area contributed by atoms with E-state index in [4.69, 9.17) is 0 Å². The van der Waals surface area contributed by atoms with Crippen LogP contribution in [-0.4, -0.2) is 19.0 Å². The quantitative estimate of drug-likeness (QED) is 0.530. The van der Waals surface area contributed by atoms with Gasteiger partial charge in [0.25, 0.3) is 0 Å². The van der Waals surface area contributed by atoms with Crippen LogP contribution in [0.3, 0.4) is 0 Å². The number of hydrogen-bond acceptors (Lipinski definition) is 3. The molecule has 1 aromatic rings. The van der Waals surface area contributed by atoms with Crippen molar-refractivity contribution in [1.29, 1.82) is 0 Å². The Hall–Kier alpha value is -1.84. The first-order chi connectivity index (χ1) is 6.74. The molecule has 1 amide bonds. The van der Waals surface area contributed by atoms with Crippen molar-refractivity contribution in [3.8, 4) is 0 Å². The third-order valence-corrected chi connectivity index (χ3v) is 2.23. The van der Waals surface area contributed by atoms with E-state index in [1.165, 1.54) is 7.11 Å². The average Bonchev–Trinajstić information content (AvgIpc) is 2.53. The van der Waals surface area contributed by atoms with Gasteiger partial charge in [-0.2, -0.15) is 0 Å². The van der Waals surface area contributed by atoms with E-state index in [9.17, 15) is 9.59 Å². The van der Waals surface area contributed by atoms with Crippen LogP contribution in [-0.2, 0) is 14.3 Å². The Balaban J connectivity index is 2.44. The van der Waals surface area contributed by atoms with Crippen molar-refractivity contribution in [1.82, 2.24) is 0 Å². The van der Waals surface area contributed by atoms with Gasteiger partial charge in [-0.1, -0.05) is 18.2 Å². The maximum atomic E-state index is 11.4. The molecule has 1 heterocycles. The smallest absolute Gasteiger partial charge is 0.322 e. The van der Waals surface area contributed by atoms with Gasteiger partial charge in [0.2, 0.25) is 5.91 Å². The Labute approximate surface area is 80.9 Å². The number of nitrogens with one attached hydrogen (secondary N) is 1. The summed E-state index contributed by atoms with van der Waals surface area (Å²) in [6.45, 7) is 0. The first-order valence-corrected chi connectivity index (χ1v) is 4.21. The van der Waals surface area contributed by atoms with Crippen LogP contribution in [0.2, 0.25) is 0 Å². The van der Waals surface area contributed by atoms with Crippen LogP contribution in [0.5, 0.6) is 0 Å². The largest absolute Gasteiger partial charge is 0.468 e. The first-order valence-electron chi connectivity index (χ1n) is 4.21. The number of para-hydroxylation sites is 1. The van der Waals surface area contributed by atoms with Crippen molar-refractivity contribution in [2.24, 2.45) is 0 Å². The number of carbonyl (C=O) groups is 2. The molecule has 0 saturated heterocycles. The molecule has 1 aromatic carbocycles. The molecule has 0 fully saturated rings. The van der Waals surface area contributed by atoms with Crippen molar-refractivity contribution in [3.05, 3.63) is 29.8 Å². The Morgan fingerprint density at radius 1 is 1.43 bits per heavy atom. The summed E-state index contributed by atoms with van der Waals surface area (Å²) in [5, 5.41) is 2.62. The average molecular weight is 191 g/mol. The molecule has 0 bridgehead atoms. The number of amides is 1. The summed E-state index contributed by atoms with van der Waals surface area (Å²) in [7, 11) is 1.27. The van der Waals surface area contributed by atoms with Crippen LogP contribution in [0.25, 0.3) is 0 Å². The molecule has 4 nitrogen and oxygen atoms in total. The summed E-state index contributed by atoms with van der Waals surface area (Å²) in [6.07, 6.45) is 0. The monoisotopic (exact) mass is 191 g/mol. The van der Waals surface area contributed by atoms with Crippen molar-refractivity contribution >= 4 is 17.6 Å². The second kappa shape index (κ2) is 3.14. The van der Waals surface area contributed by atoms with Crippen LogP contribution in [0.1, 0.15) is 11.5 Å². The highest BCUT2D eigenvalue weighted by Crippen LogP contribution is 2.32. The summed E-state index contributed by atoms with van der Waals surface area (Å²) in [4.78, 5) is 22.7. The Morgan fingerprint density at radius 2 is 2.14 bits per heavy atom. The summed E-state index contributed by atoms with van der Waals surface area (Å²) in [5.74, 6) is -1.65. The summed E-state index contributed by atoms with van der Waals surface area (Å²) < 4.78 is 4.56. The van der Waals surface area contributed by atoms with Gasteiger partial charge >= 0.3 is 5.97 Å². The van der Waals surface area contributed by atoms with Crippen molar-refractivity contribution in [2.45, 2.75) is 5.92 Å². The summed E-state index contributed by atoms with van der Waals surface area (Å²) in [6, 6.07) is 7.10. The van der Waals surface area contributed by atoms with Gasteiger partial charge in [-0.3, -0.25) is 9.59 Å². The van der Waals surface area contributed by atoms with E-state index in [-0.39, 0.29) is 5.91 Å². The van der Waals surface area contributed by atoms with E-state index < -0.39 is 11.9 Å². The molecule has 4 heteroatoms. The van der Waals surface area contributed by atoms with E-state index in [1.54, 1.807) is 24.3 Å². The van der Waals surface area contributed by atoms with Crippen LogP contribution in [0.4, 0.5) is 5.69 Å².